The summed E-state index contributed by atoms with van der Waals surface area (Å²) in [6, 6.07) is 0.944. The molecule has 3 aliphatic rings. The monoisotopic (exact) mass is 294 g/mol. The molecule has 0 radical (unpaired) electrons. The van der Waals surface area contributed by atoms with Gasteiger partial charge in [0.05, 0.1) is 6.61 Å². The lowest BCUT2D eigenvalue weighted by Gasteiger charge is -2.43. The van der Waals surface area contributed by atoms with Crippen LogP contribution in [0.2, 0.25) is 0 Å². The van der Waals surface area contributed by atoms with E-state index >= 15 is 0 Å². The molecule has 1 atom stereocenters. The first-order valence-electron chi connectivity index (χ1n) is 9.01. The summed E-state index contributed by atoms with van der Waals surface area (Å²) in [6.07, 6.45) is 12.3. The number of carbonyl (C=O) groups is 1. The molecule has 2 saturated carbocycles. The highest BCUT2D eigenvalue weighted by Crippen LogP contribution is 2.31. The van der Waals surface area contributed by atoms with Gasteiger partial charge in [-0.15, -0.1) is 0 Å². The summed E-state index contributed by atoms with van der Waals surface area (Å²) >= 11 is 0. The molecule has 1 saturated heterocycles. The van der Waals surface area contributed by atoms with E-state index in [1.165, 1.54) is 64.2 Å². The molecule has 4 nitrogen and oxygen atoms in total. The van der Waals surface area contributed by atoms with E-state index in [2.05, 4.69) is 10.2 Å². The maximum Gasteiger partial charge on any atom is 0.253 e. The van der Waals surface area contributed by atoms with Crippen LogP contribution in [0.5, 0.6) is 0 Å². The largest absolute Gasteiger partial charge is 0.366 e. The van der Waals surface area contributed by atoms with Crippen molar-refractivity contribution in [3.63, 3.8) is 0 Å². The minimum Gasteiger partial charge on any atom is -0.366 e. The Balaban J connectivity index is 1.71. The highest BCUT2D eigenvalue weighted by atomic mass is 16.5. The molecule has 120 valence electrons. The molecular formula is C17H30N2O2. The first-order valence-corrected chi connectivity index (χ1v) is 9.01. The van der Waals surface area contributed by atoms with Crippen LogP contribution in [0.1, 0.15) is 64.2 Å². The van der Waals surface area contributed by atoms with E-state index in [9.17, 15) is 4.79 Å². The van der Waals surface area contributed by atoms with Gasteiger partial charge in [-0.05, 0) is 25.7 Å². The number of rotatable bonds is 3. The summed E-state index contributed by atoms with van der Waals surface area (Å²) in [5, 5.41) is 3.30. The molecular weight excluding hydrogens is 264 g/mol. The molecule has 0 aromatic rings. The highest BCUT2D eigenvalue weighted by Gasteiger charge is 2.36. The molecule has 2 aliphatic carbocycles. The molecule has 0 bridgehead atoms. The quantitative estimate of drug-likeness (QED) is 0.869. The molecule has 1 heterocycles. The third-order valence-electron chi connectivity index (χ3n) is 5.39. The fourth-order valence-corrected chi connectivity index (χ4v) is 4.27. The molecule has 3 fully saturated rings. The molecule has 1 N–H and O–H groups in total. The Morgan fingerprint density at radius 2 is 1.48 bits per heavy atom. The topological polar surface area (TPSA) is 41.6 Å². The number of nitrogens with one attached hydrogen (secondary N) is 1. The van der Waals surface area contributed by atoms with Gasteiger partial charge in [0, 0.05) is 25.2 Å². The minimum atomic E-state index is -0.248. The molecule has 0 aromatic carbocycles. The maximum absolute atomic E-state index is 13.1. The van der Waals surface area contributed by atoms with Gasteiger partial charge in [-0.1, -0.05) is 38.5 Å². The van der Waals surface area contributed by atoms with Gasteiger partial charge in [0.25, 0.3) is 5.91 Å². The van der Waals surface area contributed by atoms with Gasteiger partial charge in [0.2, 0.25) is 0 Å². The zero-order valence-corrected chi connectivity index (χ0v) is 13.2. The summed E-state index contributed by atoms with van der Waals surface area (Å²) < 4.78 is 5.75. The van der Waals surface area contributed by atoms with Crippen LogP contribution >= 0.6 is 0 Å². The second-order valence-corrected chi connectivity index (χ2v) is 6.89. The van der Waals surface area contributed by atoms with Gasteiger partial charge in [0.15, 0.2) is 0 Å². The van der Waals surface area contributed by atoms with Crippen LogP contribution in [0.3, 0.4) is 0 Å². The Bertz CT molecular complexity index is 312. The summed E-state index contributed by atoms with van der Waals surface area (Å²) in [6.45, 7) is 2.23. The Kier molecular flexibility index (Phi) is 5.53. The SMILES string of the molecule is O=C(C1CNCCO1)N(C1CCCCC1)C1CCCCC1. The standard InChI is InChI=1S/C17H30N2O2/c20-17(16-13-18-11-12-21-16)19(14-7-3-1-4-8-14)15-9-5-2-6-10-15/h14-16,18H,1-13H2. The number of hydrogen-bond donors (Lipinski definition) is 1. The number of carbonyl (C=O) groups excluding carboxylic acids is 1. The molecule has 0 aromatic heterocycles. The van der Waals surface area contributed by atoms with Crippen molar-refractivity contribution in [2.24, 2.45) is 0 Å². The summed E-state index contributed by atoms with van der Waals surface area (Å²) in [7, 11) is 0. The number of ether oxygens (including phenoxy) is 1. The van der Waals surface area contributed by atoms with Crippen LogP contribution in [0.15, 0.2) is 0 Å². The fraction of sp³-hybridized carbons (Fsp3) is 0.941. The first-order chi connectivity index (χ1) is 10.4. The molecule has 21 heavy (non-hydrogen) atoms. The van der Waals surface area contributed by atoms with E-state index in [0.29, 0.717) is 25.2 Å². The summed E-state index contributed by atoms with van der Waals surface area (Å²) in [4.78, 5) is 15.3. The molecule has 1 aliphatic heterocycles. The molecule has 1 amide bonds. The Morgan fingerprint density at radius 1 is 0.905 bits per heavy atom. The van der Waals surface area contributed by atoms with Gasteiger partial charge < -0.3 is 15.0 Å². The van der Waals surface area contributed by atoms with Gasteiger partial charge in [-0.25, -0.2) is 0 Å². The van der Waals surface area contributed by atoms with Crippen molar-refractivity contribution in [3.05, 3.63) is 0 Å². The average Bonchev–Trinajstić information content (AvgIpc) is 2.58. The van der Waals surface area contributed by atoms with Crippen LogP contribution in [0.25, 0.3) is 0 Å². The van der Waals surface area contributed by atoms with Crippen LogP contribution in [0.4, 0.5) is 0 Å². The van der Waals surface area contributed by atoms with Crippen molar-refractivity contribution >= 4 is 5.91 Å². The Hall–Kier alpha value is -0.610. The van der Waals surface area contributed by atoms with Crippen molar-refractivity contribution in [1.82, 2.24) is 10.2 Å². The van der Waals surface area contributed by atoms with Crippen molar-refractivity contribution in [1.29, 1.82) is 0 Å². The Labute approximate surface area is 128 Å². The molecule has 1 unspecified atom stereocenters. The molecule has 4 heteroatoms. The number of nitrogens with zero attached hydrogens (tertiary/aromatic N) is 1. The smallest absolute Gasteiger partial charge is 0.253 e. The van der Waals surface area contributed by atoms with Crippen molar-refractivity contribution in [2.45, 2.75) is 82.4 Å². The van der Waals surface area contributed by atoms with E-state index in [0.717, 1.165) is 6.54 Å². The lowest BCUT2D eigenvalue weighted by Crippen LogP contribution is -2.56. The summed E-state index contributed by atoms with van der Waals surface area (Å²) in [5.74, 6) is 0.265. The van der Waals surface area contributed by atoms with E-state index in [1.54, 1.807) is 0 Å². The van der Waals surface area contributed by atoms with Crippen LogP contribution < -0.4 is 5.32 Å². The third kappa shape index (κ3) is 3.78. The van der Waals surface area contributed by atoms with Crippen LogP contribution in [0, 0.1) is 0 Å². The van der Waals surface area contributed by atoms with E-state index in [1.807, 2.05) is 0 Å². The van der Waals surface area contributed by atoms with Gasteiger partial charge in [-0.2, -0.15) is 0 Å². The van der Waals surface area contributed by atoms with Crippen molar-refractivity contribution in [3.8, 4) is 0 Å². The minimum absolute atomic E-state index is 0.248. The average molecular weight is 294 g/mol. The van der Waals surface area contributed by atoms with Crippen molar-refractivity contribution < 1.29 is 9.53 Å². The number of hydrogen-bond acceptors (Lipinski definition) is 3. The lowest BCUT2D eigenvalue weighted by molar-refractivity contribution is -0.152. The van der Waals surface area contributed by atoms with E-state index < -0.39 is 0 Å². The predicted molar refractivity (Wildman–Crippen MR) is 83.2 cm³/mol. The maximum atomic E-state index is 13.1. The predicted octanol–water partition coefficient (Wildman–Crippen LogP) is 2.47. The lowest BCUT2D eigenvalue weighted by atomic mass is 9.88. The molecule has 0 spiro atoms. The van der Waals surface area contributed by atoms with Gasteiger partial charge >= 0.3 is 0 Å². The van der Waals surface area contributed by atoms with Gasteiger partial charge in [0.1, 0.15) is 6.10 Å². The second-order valence-electron chi connectivity index (χ2n) is 6.89. The van der Waals surface area contributed by atoms with Crippen LogP contribution in [-0.2, 0) is 9.53 Å². The van der Waals surface area contributed by atoms with Crippen LogP contribution in [-0.4, -0.2) is 48.7 Å². The Morgan fingerprint density at radius 3 is 1.95 bits per heavy atom. The second kappa shape index (κ2) is 7.59. The van der Waals surface area contributed by atoms with E-state index in [-0.39, 0.29) is 12.0 Å². The highest BCUT2D eigenvalue weighted by molar-refractivity contribution is 5.82. The molecule has 3 rings (SSSR count). The normalized spacial score (nSPS) is 29.2. The number of morpholine rings is 1. The third-order valence-corrected chi connectivity index (χ3v) is 5.39. The van der Waals surface area contributed by atoms with Crippen molar-refractivity contribution in [2.75, 3.05) is 19.7 Å². The van der Waals surface area contributed by atoms with E-state index in [4.69, 9.17) is 4.74 Å². The summed E-state index contributed by atoms with van der Waals surface area (Å²) in [5.41, 5.74) is 0. The zero-order chi connectivity index (χ0) is 14.5. The fourth-order valence-electron chi connectivity index (χ4n) is 4.27. The first kappa shape index (κ1) is 15.3. The zero-order valence-electron chi connectivity index (χ0n) is 13.2. The number of amides is 1. The van der Waals surface area contributed by atoms with Gasteiger partial charge in [-0.3, -0.25) is 4.79 Å².